The Morgan fingerprint density at radius 1 is 1.17 bits per heavy atom. The molecular formula is C22H24N2O6. The number of imide groups is 3. The van der Waals surface area contributed by atoms with Crippen LogP contribution in [-0.2, 0) is 19.1 Å². The Bertz CT molecular complexity index is 924. The topological polar surface area (TPSA) is 93.2 Å². The molecule has 1 aromatic rings. The van der Waals surface area contributed by atoms with Crippen LogP contribution in [0.15, 0.2) is 24.3 Å². The molecule has 2 heterocycles. The molecule has 8 nitrogen and oxygen atoms in total. The summed E-state index contributed by atoms with van der Waals surface area (Å²) < 4.78 is 10.6. The van der Waals surface area contributed by atoms with Crippen molar-refractivity contribution in [3.8, 4) is 18.1 Å². The normalized spacial score (nSPS) is 21.7. The van der Waals surface area contributed by atoms with E-state index in [9.17, 15) is 19.2 Å². The zero-order valence-corrected chi connectivity index (χ0v) is 17.3. The molecule has 2 fully saturated rings. The number of anilines is 1. The summed E-state index contributed by atoms with van der Waals surface area (Å²) in [4.78, 5) is 52.7. The van der Waals surface area contributed by atoms with Crippen LogP contribution in [0.4, 0.5) is 10.5 Å². The van der Waals surface area contributed by atoms with Crippen LogP contribution in [0.3, 0.4) is 0 Å². The highest BCUT2D eigenvalue weighted by Crippen LogP contribution is 2.43. The van der Waals surface area contributed by atoms with Gasteiger partial charge in [0.1, 0.15) is 18.0 Å². The van der Waals surface area contributed by atoms with Gasteiger partial charge in [0.2, 0.25) is 17.7 Å². The first kappa shape index (κ1) is 21.4. The van der Waals surface area contributed by atoms with Crippen LogP contribution < -0.4 is 9.64 Å². The van der Waals surface area contributed by atoms with E-state index >= 15 is 0 Å². The fourth-order valence-electron chi connectivity index (χ4n) is 3.63. The van der Waals surface area contributed by atoms with Crippen molar-refractivity contribution in [3.05, 3.63) is 24.3 Å². The number of carbonyl (C=O) groups excluding carboxylic acids is 4. The Morgan fingerprint density at radius 2 is 1.83 bits per heavy atom. The first-order valence-corrected chi connectivity index (χ1v) is 9.63. The zero-order chi connectivity index (χ0) is 22.1. The SMILES string of the molecule is C#CCOc1ccc(N2CC3(CCC(=O)N(C(=O)OC(C)(C)C)C3=O)CC2=O)cc1. The van der Waals surface area contributed by atoms with Crippen LogP contribution in [0.5, 0.6) is 5.75 Å². The highest BCUT2D eigenvalue weighted by molar-refractivity contribution is 6.15. The number of carbonyl (C=O) groups is 4. The summed E-state index contributed by atoms with van der Waals surface area (Å²) in [6.07, 6.45) is 4.29. The first-order chi connectivity index (χ1) is 14.1. The molecule has 1 aromatic carbocycles. The van der Waals surface area contributed by atoms with E-state index in [4.69, 9.17) is 15.9 Å². The Labute approximate surface area is 175 Å². The summed E-state index contributed by atoms with van der Waals surface area (Å²) >= 11 is 0. The van der Waals surface area contributed by atoms with Crippen molar-refractivity contribution in [1.29, 1.82) is 0 Å². The number of benzene rings is 1. The lowest BCUT2D eigenvalue weighted by molar-refractivity contribution is -0.155. The van der Waals surface area contributed by atoms with Crippen molar-refractivity contribution in [2.24, 2.45) is 5.41 Å². The van der Waals surface area contributed by atoms with E-state index in [2.05, 4.69) is 5.92 Å². The van der Waals surface area contributed by atoms with Crippen LogP contribution >= 0.6 is 0 Å². The summed E-state index contributed by atoms with van der Waals surface area (Å²) in [6.45, 7) is 5.17. The van der Waals surface area contributed by atoms with E-state index in [1.807, 2.05) is 0 Å². The van der Waals surface area contributed by atoms with Gasteiger partial charge in [-0.2, -0.15) is 4.90 Å². The molecule has 0 saturated carbocycles. The number of terminal acetylenes is 1. The van der Waals surface area contributed by atoms with Crippen LogP contribution in [-0.4, -0.2) is 47.5 Å². The molecule has 0 aliphatic carbocycles. The van der Waals surface area contributed by atoms with Gasteiger partial charge in [0.25, 0.3) is 0 Å². The van der Waals surface area contributed by atoms with E-state index < -0.39 is 28.9 Å². The third-order valence-corrected chi connectivity index (χ3v) is 5.02. The lowest BCUT2D eigenvalue weighted by atomic mass is 9.78. The fraction of sp³-hybridized carbons (Fsp3) is 0.455. The second-order valence-electron chi connectivity index (χ2n) is 8.44. The third-order valence-electron chi connectivity index (χ3n) is 5.02. The minimum atomic E-state index is -1.14. The Balaban J connectivity index is 1.80. The molecule has 2 aliphatic heterocycles. The molecule has 158 valence electrons. The summed E-state index contributed by atoms with van der Waals surface area (Å²) in [5.74, 6) is 1.39. The molecule has 3 rings (SSSR count). The quantitative estimate of drug-likeness (QED) is 0.559. The molecule has 0 aromatic heterocycles. The predicted molar refractivity (Wildman–Crippen MR) is 107 cm³/mol. The van der Waals surface area contributed by atoms with Gasteiger partial charge in [-0.15, -0.1) is 6.42 Å². The molecule has 2 saturated heterocycles. The van der Waals surface area contributed by atoms with Gasteiger partial charge in [0, 0.05) is 25.1 Å². The highest BCUT2D eigenvalue weighted by Gasteiger charge is 2.56. The van der Waals surface area contributed by atoms with Crippen molar-refractivity contribution < 1.29 is 28.7 Å². The van der Waals surface area contributed by atoms with Gasteiger partial charge in [-0.1, -0.05) is 5.92 Å². The molecule has 1 spiro atoms. The largest absolute Gasteiger partial charge is 0.481 e. The van der Waals surface area contributed by atoms with Gasteiger partial charge in [-0.05, 0) is 51.5 Å². The van der Waals surface area contributed by atoms with Crippen molar-refractivity contribution in [2.45, 2.75) is 45.6 Å². The number of likely N-dealkylation sites (tertiary alicyclic amines) is 1. The zero-order valence-electron chi connectivity index (χ0n) is 17.3. The van der Waals surface area contributed by atoms with Gasteiger partial charge in [0.05, 0.1) is 5.41 Å². The monoisotopic (exact) mass is 412 g/mol. The molecule has 8 heteroatoms. The lowest BCUT2D eigenvalue weighted by Crippen LogP contribution is -2.55. The van der Waals surface area contributed by atoms with Gasteiger partial charge in [0.15, 0.2) is 0 Å². The number of rotatable bonds is 3. The van der Waals surface area contributed by atoms with Crippen LogP contribution in [0.2, 0.25) is 0 Å². The number of piperidine rings is 1. The minimum absolute atomic E-state index is 0.00896. The number of ether oxygens (including phenoxy) is 2. The number of amides is 4. The Morgan fingerprint density at radius 3 is 2.43 bits per heavy atom. The van der Waals surface area contributed by atoms with Crippen molar-refractivity contribution in [3.63, 3.8) is 0 Å². The fourth-order valence-corrected chi connectivity index (χ4v) is 3.63. The average Bonchev–Trinajstić information content (AvgIpc) is 3.00. The third kappa shape index (κ3) is 4.15. The number of hydrogen-bond acceptors (Lipinski definition) is 6. The molecule has 0 radical (unpaired) electrons. The molecule has 0 N–H and O–H groups in total. The first-order valence-electron chi connectivity index (χ1n) is 9.63. The van der Waals surface area contributed by atoms with Gasteiger partial charge in [-0.25, -0.2) is 4.79 Å². The lowest BCUT2D eigenvalue weighted by Gasteiger charge is -2.36. The van der Waals surface area contributed by atoms with Crippen molar-refractivity contribution >= 4 is 29.5 Å². The second kappa shape index (κ2) is 7.82. The Hall–Kier alpha value is -3.34. The summed E-state index contributed by atoms with van der Waals surface area (Å²) in [7, 11) is 0. The van der Waals surface area contributed by atoms with Crippen LogP contribution in [0.25, 0.3) is 0 Å². The molecule has 0 bridgehead atoms. The molecular weight excluding hydrogens is 388 g/mol. The van der Waals surface area contributed by atoms with Crippen molar-refractivity contribution in [1.82, 2.24) is 4.90 Å². The maximum Gasteiger partial charge on any atom is 0.424 e. The average molecular weight is 412 g/mol. The molecule has 1 atom stereocenters. The predicted octanol–water partition coefficient (Wildman–Crippen LogP) is 2.51. The Kier molecular flexibility index (Phi) is 5.57. The summed E-state index contributed by atoms with van der Waals surface area (Å²) in [5, 5.41) is 0. The second-order valence-corrected chi connectivity index (χ2v) is 8.44. The van der Waals surface area contributed by atoms with Crippen molar-refractivity contribution in [2.75, 3.05) is 18.1 Å². The minimum Gasteiger partial charge on any atom is -0.481 e. The summed E-state index contributed by atoms with van der Waals surface area (Å²) in [5.41, 5.74) is -1.40. The van der Waals surface area contributed by atoms with Gasteiger partial charge in [-0.3, -0.25) is 14.4 Å². The number of nitrogens with zero attached hydrogens (tertiary/aromatic N) is 2. The van der Waals surface area contributed by atoms with E-state index in [0.717, 1.165) is 0 Å². The van der Waals surface area contributed by atoms with Crippen LogP contribution in [0.1, 0.15) is 40.0 Å². The standard InChI is InChI=1S/C22H24N2O6/c1-5-12-29-16-8-6-15(7-9-16)23-14-22(13-18(23)26)11-10-17(25)24(19(22)27)20(28)30-21(2,3)4/h1,6-9H,10-14H2,2-4H3. The van der Waals surface area contributed by atoms with E-state index in [-0.39, 0.29) is 38.3 Å². The molecule has 4 amide bonds. The number of hydrogen-bond donors (Lipinski definition) is 0. The molecule has 30 heavy (non-hydrogen) atoms. The highest BCUT2D eigenvalue weighted by atomic mass is 16.6. The van der Waals surface area contributed by atoms with Gasteiger partial charge >= 0.3 is 6.09 Å². The van der Waals surface area contributed by atoms with E-state index in [0.29, 0.717) is 16.3 Å². The maximum absolute atomic E-state index is 13.2. The maximum atomic E-state index is 13.2. The molecule has 2 aliphatic rings. The van der Waals surface area contributed by atoms with Gasteiger partial charge < -0.3 is 14.4 Å². The van der Waals surface area contributed by atoms with E-state index in [1.54, 1.807) is 45.0 Å². The smallest absolute Gasteiger partial charge is 0.424 e. The van der Waals surface area contributed by atoms with Crippen LogP contribution in [0, 0.1) is 17.8 Å². The van der Waals surface area contributed by atoms with E-state index in [1.165, 1.54) is 4.90 Å². The molecule has 1 unspecified atom stereocenters. The summed E-state index contributed by atoms with van der Waals surface area (Å²) in [6, 6.07) is 6.77.